The number of benzene rings is 2. The summed E-state index contributed by atoms with van der Waals surface area (Å²) in [5.74, 6) is -0.385. The average molecular weight is 433 g/mol. The van der Waals surface area contributed by atoms with E-state index in [1.54, 1.807) is 4.90 Å². The highest BCUT2D eigenvalue weighted by molar-refractivity contribution is 6.08. The molecule has 2 amide bonds. The van der Waals surface area contributed by atoms with Crippen LogP contribution in [0.15, 0.2) is 60.8 Å². The minimum absolute atomic E-state index is 0.104. The van der Waals surface area contributed by atoms with E-state index in [2.05, 4.69) is 10.4 Å². The van der Waals surface area contributed by atoms with E-state index in [9.17, 15) is 19.7 Å². The van der Waals surface area contributed by atoms with Crippen molar-refractivity contribution < 1.29 is 14.5 Å². The number of nitro groups is 1. The van der Waals surface area contributed by atoms with Crippen LogP contribution in [0.25, 0.3) is 5.69 Å². The molecule has 0 radical (unpaired) electrons. The summed E-state index contributed by atoms with van der Waals surface area (Å²) in [4.78, 5) is 38.4. The van der Waals surface area contributed by atoms with E-state index < -0.39 is 10.8 Å². The van der Waals surface area contributed by atoms with Crippen LogP contribution in [0.1, 0.15) is 46.4 Å². The number of carbonyl (C=O) groups is 2. The lowest BCUT2D eigenvalue weighted by atomic mass is 10.2. The summed E-state index contributed by atoms with van der Waals surface area (Å²) in [5.41, 5.74) is 1.14. The number of nitro benzene ring substituents is 1. The molecular weight excluding hydrogens is 410 g/mol. The van der Waals surface area contributed by atoms with Crippen molar-refractivity contribution >= 4 is 23.3 Å². The van der Waals surface area contributed by atoms with Gasteiger partial charge in [0.1, 0.15) is 11.4 Å². The molecule has 1 saturated heterocycles. The van der Waals surface area contributed by atoms with Crippen molar-refractivity contribution in [1.29, 1.82) is 0 Å². The van der Waals surface area contributed by atoms with Gasteiger partial charge in [-0.05, 0) is 37.1 Å². The molecule has 0 aliphatic carbocycles. The molecule has 9 heteroatoms. The average Bonchev–Trinajstić information content (AvgIpc) is 3.03. The standard InChI is InChI=1S/C23H23N5O4/c29-22(17-10-12-19(13-11-17)28(31)32)25-21-20(23(30)26-14-6-1-2-7-15-26)16-24-27(21)18-8-4-3-5-9-18/h3-5,8-13,16H,1-2,6-7,14-15H2,(H,25,29). The largest absolute Gasteiger partial charge is 0.338 e. The van der Waals surface area contributed by atoms with Gasteiger partial charge in [-0.15, -0.1) is 0 Å². The van der Waals surface area contributed by atoms with Crippen LogP contribution in [0.2, 0.25) is 0 Å². The first-order valence-corrected chi connectivity index (χ1v) is 10.5. The number of hydrogen-bond donors (Lipinski definition) is 1. The lowest BCUT2D eigenvalue weighted by Crippen LogP contribution is -2.32. The van der Waals surface area contributed by atoms with Crippen molar-refractivity contribution in [2.45, 2.75) is 25.7 Å². The second-order valence-corrected chi connectivity index (χ2v) is 7.62. The Morgan fingerprint density at radius 3 is 2.22 bits per heavy atom. The van der Waals surface area contributed by atoms with Gasteiger partial charge in [0.15, 0.2) is 0 Å². The van der Waals surface area contributed by atoms with Gasteiger partial charge < -0.3 is 10.2 Å². The number of aromatic nitrogens is 2. The van der Waals surface area contributed by atoms with Gasteiger partial charge in [-0.1, -0.05) is 31.0 Å². The fraction of sp³-hybridized carbons (Fsp3) is 0.261. The first-order valence-electron chi connectivity index (χ1n) is 10.5. The van der Waals surface area contributed by atoms with E-state index in [4.69, 9.17) is 0 Å². The molecule has 0 unspecified atom stereocenters. The molecule has 2 aromatic carbocycles. The summed E-state index contributed by atoms with van der Waals surface area (Å²) in [6.45, 7) is 1.34. The Kier molecular flexibility index (Phi) is 6.25. The third kappa shape index (κ3) is 4.51. The van der Waals surface area contributed by atoms with Crippen molar-refractivity contribution in [3.8, 4) is 5.69 Å². The van der Waals surface area contributed by atoms with Gasteiger partial charge >= 0.3 is 0 Å². The fourth-order valence-corrected chi connectivity index (χ4v) is 3.75. The predicted octanol–water partition coefficient (Wildman–Crippen LogP) is 4.05. The van der Waals surface area contributed by atoms with Gasteiger partial charge in [0.2, 0.25) is 0 Å². The number of carbonyl (C=O) groups excluding carboxylic acids is 2. The Hall–Kier alpha value is -4.01. The van der Waals surface area contributed by atoms with Crippen LogP contribution in [0.5, 0.6) is 0 Å². The zero-order chi connectivity index (χ0) is 22.5. The molecule has 1 aliphatic rings. The normalized spacial score (nSPS) is 13.9. The van der Waals surface area contributed by atoms with Gasteiger partial charge in [0.25, 0.3) is 17.5 Å². The maximum Gasteiger partial charge on any atom is 0.269 e. The van der Waals surface area contributed by atoms with Crippen LogP contribution >= 0.6 is 0 Å². The number of hydrogen-bond acceptors (Lipinski definition) is 5. The highest BCUT2D eigenvalue weighted by Gasteiger charge is 2.25. The molecule has 1 aromatic heterocycles. The van der Waals surface area contributed by atoms with Crippen molar-refractivity contribution in [3.05, 3.63) is 82.0 Å². The number of amides is 2. The van der Waals surface area contributed by atoms with Crippen LogP contribution in [0.4, 0.5) is 11.5 Å². The first-order chi connectivity index (χ1) is 15.5. The zero-order valence-electron chi connectivity index (χ0n) is 17.4. The fourth-order valence-electron chi connectivity index (χ4n) is 3.75. The van der Waals surface area contributed by atoms with Crippen molar-refractivity contribution in [3.63, 3.8) is 0 Å². The maximum atomic E-state index is 13.3. The maximum absolute atomic E-state index is 13.3. The molecule has 0 saturated carbocycles. The number of non-ortho nitro benzene ring substituents is 1. The van der Waals surface area contributed by atoms with Crippen molar-refractivity contribution in [1.82, 2.24) is 14.7 Å². The predicted molar refractivity (Wildman–Crippen MR) is 119 cm³/mol. The van der Waals surface area contributed by atoms with Crippen molar-refractivity contribution in [2.75, 3.05) is 18.4 Å². The molecule has 3 aromatic rings. The van der Waals surface area contributed by atoms with E-state index >= 15 is 0 Å². The van der Waals surface area contributed by atoms with Crippen LogP contribution in [0, 0.1) is 10.1 Å². The Morgan fingerprint density at radius 2 is 1.59 bits per heavy atom. The topological polar surface area (TPSA) is 110 Å². The Balaban J connectivity index is 1.67. The van der Waals surface area contributed by atoms with Gasteiger partial charge in [-0.3, -0.25) is 19.7 Å². The monoisotopic (exact) mass is 433 g/mol. The van der Waals surface area contributed by atoms with E-state index in [0.717, 1.165) is 25.7 Å². The summed E-state index contributed by atoms with van der Waals surface area (Å²) in [7, 11) is 0. The zero-order valence-corrected chi connectivity index (χ0v) is 17.4. The Bertz CT molecular complexity index is 1120. The Morgan fingerprint density at radius 1 is 0.938 bits per heavy atom. The highest BCUT2D eigenvalue weighted by Crippen LogP contribution is 2.24. The summed E-state index contributed by atoms with van der Waals surface area (Å²) in [5, 5.41) is 18.1. The number of nitrogens with zero attached hydrogens (tertiary/aromatic N) is 4. The molecule has 4 rings (SSSR count). The molecule has 0 atom stereocenters. The molecule has 0 bridgehead atoms. The first kappa shape index (κ1) is 21.2. The molecule has 32 heavy (non-hydrogen) atoms. The molecule has 0 spiro atoms. The number of nitrogens with one attached hydrogen (secondary N) is 1. The summed E-state index contributed by atoms with van der Waals surface area (Å²) >= 11 is 0. The molecular formula is C23H23N5O4. The second kappa shape index (κ2) is 9.42. The van der Waals surface area contributed by atoms with E-state index in [0.29, 0.717) is 24.3 Å². The summed E-state index contributed by atoms with van der Waals surface area (Å²) in [6.07, 6.45) is 5.56. The third-order valence-corrected chi connectivity index (χ3v) is 5.47. The molecule has 164 valence electrons. The molecule has 1 fully saturated rings. The van der Waals surface area contributed by atoms with Gasteiger partial charge in [-0.25, -0.2) is 4.68 Å². The van der Waals surface area contributed by atoms with Crippen molar-refractivity contribution in [2.24, 2.45) is 0 Å². The van der Waals surface area contributed by atoms with E-state index in [-0.39, 0.29) is 23.0 Å². The van der Waals surface area contributed by atoms with Crippen LogP contribution in [-0.4, -0.2) is 44.5 Å². The SMILES string of the molecule is O=C(Nc1c(C(=O)N2CCCCCC2)cnn1-c1ccccc1)c1ccc([N+](=O)[O-])cc1. The second-order valence-electron chi connectivity index (χ2n) is 7.62. The Labute approximate surface area is 184 Å². The van der Waals surface area contributed by atoms with Crippen LogP contribution in [0.3, 0.4) is 0 Å². The number of anilines is 1. The van der Waals surface area contributed by atoms with E-state index in [1.165, 1.54) is 35.1 Å². The minimum Gasteiger partial charge on any atom is -0.338 e. The van der Waals surface area contributed by atoms with E-state index in [1.807, 2.05) is 30.3 Å². The smallest absolute Gasteiger partial charge is 0.269 e. The molecule has 2 heterocycles. The van der Waals surface area contributed by atoms with Crippen LogP contribution in [-0.2, 0) is 0 Å². The van der Waals surface area contributed by atoms with Crippen LogP contribution < -0.4 is 5.32 Å². The summed E-state index contributed by atoms with van der Waals surface area (Å²) < 4.78 is 1.52. The third-order valence-electron chi connectivity index (χ3n) is 5.47. The summed E-state index contributed by atoms with van der Waals surface area (Å²) in [6, 6.07) is 14.5. The molecule has 1 N–H and O–H groups in total. The minimum atomic E-state index is -0.524. The highest BCUT2D eigenvalue weighted by atomic mass is 16.6. The number of rotatable bonds is 5. The van der Waals surface area contributed by atoms with Gasteiger partial charge in [-0.2, -0.15) is 5.10 Å². The molecule has 1 aliphatic heterocycles. The number of likely N-dealkylation sites (tertiary alicyclic amines) is 1. The van der Waals surface area contributed by atoms with Gasteiger partial charge in [0, 0.05) is 30.8 Å². The quantitative estimate of drug-likeness (QED) is 0.482. The molecule has 9 nitrogen and oxygen atoms in total. The van der Waals surface area contributed by atoms with Gasteiger partial charge in [0.05, 0.1) is 16.8 Å². The number of para-hydroxylation sites is 1. The lowest BCUT2D eigenvalue weighted by Gasteiger charge is -2.20. The lowest BCUT2D eigenvalue weighted by molar-refractivity contribution is -0.384.